The molecule has 1 N–H and O–H groups in total. The summed E-state index contributed by atoms with van der Waals surface area (Å²) in [5.41, 5.74) is 1.15. The van der Waals surface area contributed by atoms with Crippen molar-refractivity contribution in [1.82, 2.24) is 0 Å². The zero-order valence-electron chi connectivity index (χ0n) is 14.7. The summed E-state index contributed by atoms with van der Waals surface area (Å²) in [5.74, 6) is 1.03. The minimum Gasteiger partial charge on any atom is -0.493 e. The Labute approximate surface area is 161 Å². The molecule has 2 aromatic carbocycles. The third-order valence-corrected chi connectivity index (χ3v) is 4.53. The largest absolute Gasteiger partial charge is 0.493 e. The Balaban J connectivity index is 1.67. The van der Waals surface area contributed by atoms with Crippen molar-refractivity contribution < 1.29 is 19.0 Å². The lowest BCUT2D eigenvalue weighted by Gasteiger charge is -2.13. The smallest absolute Gasteiger partial charge is 0.259 e. The summed E-state index contributed by atoms with van der Waals surface area (Å²) in [6.45, 7) is 3.71. The standard InChI is InChI=1S/C20H22BrNO4/c1-2-24-19-9-8-14(21)11-18(19)20(23)22-15-5-3-6-16(12-15)26-13-17-7-4-10-25-17/h3,5-6,8-9,11-12,17H,2,4,7,10,13H2,1H3,(H,22,23). The molecular formula is C20H22BrNO4. The van der Waals surface area contributed by atoms with E-state index in [0.29, 0.717) is 36.0 Å². The summed E-state index contributed by atoms with van der Waals surface area (Å²) in [5, 5.41) is 2.90. The number of nitrogens with one attached hydrogen (secondary N) is 1. The van der Waals surface area contributed by atoms with Gasteiger partial charge in [-0.25, -0.2) is 0 Å². The summed E-state index contributed by atoms with van der Waals surface area (Å²) >= 11 is 3.40. The van der Waals surface area contributed by atoms with E-state index in [9.17, 15) is 4.79 Å². The molecule has 0 saturated carbocycles. The van der Waals surface area contributed by atoms with Gasteiger partial charge in [0.15, 0.2) is 0 Å². The van der Waals surface area contributed by atoms with Crippen LogP contribution in [0.5, 0.6) is 11.5 Å². The van der Waals surface area contributed by atoms with Crippen LogP contribution in [0.2, 0.25) is 0 Å². The Morgan fingerprint density at radius 1 is 1.27 bits per heavy atom. The zero-order chi connectivity index (χ0) is 18.4. The lowest BCUT2D eigenvalue weighted by molar-refractivity contribution is 0.0680. The number of carbonyl (C=O) groups excluding carboxylic acids is 1. The second kappa shape index (κ2) is 9.05. The van der Waals surface area contributed by atoms with Crippen LogP contribution in [-0.2, 0) is 4.74 Å². The molecule has 1 heterocycles. The number of anilines is 1. The van der Waals surface area contributed by atoms with Crippen LogP contribution >= 0.6 is 15.9 Å². The summed E-state index contributed by atoms with van der Waals surface area (Å²) in [6, 6.07) is 12.7. The van der Waals surface area contributed by atoms with Crippen molar-refractivity contribution in [2.45, 2.75) is 25.9 Å². The number of ether oxygens (including phenoxy) is 3. The highest BCUT2D eigenvalue weighted by Crippen LogP contribution is 2.25. The van der Waals surface area contributed by atoms with Crippen molar-refractivity contribution in [3.05, 3.63) is 52.5 Å². The highest BCUT2D eigenvalue weighted by atomic mass is 79.9. The van der Waals surface area contributed by atoms with Crippen LogP contribution in [-0.4, -0.2) is 31.8 Å². The second-order valence-electron chi connectivity index (χ2n) is 6.00. The first kappa shape index (κ1) is 18.7. The van der Waals surface area contributed by atoms with Gasteiger partial charge in [-0.15, -0.1) is 0 Å². The average molecular weight is 420 g/mol. The molecule has 1 atom stereocenters. The topological polar surface area (TPSA) is 56.8 Å². The van der Waals surface area contributed by atoms with Crippen molar-refractivity contribution >= 4 is 27.5 Å². The van der Waals surface area contributed by atoms with Crippen molar-refractivity contribution in [1.29, 1.82) is 0 Å². The maximum absolute atomic E-state index is 12.7. The van der Waals surface area contributed by atoms with Gasteiger partial charge in [0.1, 0.15) is 18.1 Å². The van der Waals surface area contributed by atoms with Crippen LogP contribution in [0, 0.1) is 0 Å². The van der Waals surface area contributed by atoms with E-state index in [1.54, 1.807) is 12.1 Å². The van der Waals surface area contributed by atoms with Gasteiger partial charge in [0.2, 0.25) is 0 Å². The van der Waals surface area contributed by atoms with Crippen LogP contribution in [0.4, 0.5) is 5.69 Å². The first-order valence-electron chi connectivity index (χ1n) is 8.74. The van der Waals surface area contributed by atoms with Gasteiger partial charge in [0.25, 0.3) is 5.91 Å². The summed E-state index contributed by atoms with van der Waals surface area (Å²) in [4.78, 5) is 12.7. The molecule has 138 valence electrons. The first-order chi connectivity index (χ1) is 12.7. The molecule has 5 nitrogen and oxygen atoms in total. The van der Waals surface area contributed by atoms with Crippen molar-refractivity contribution in [2.24, 2.45) is 0 Å². The minimum absolute atomic E-state index is 0.156. The van der Waals surface area contributed by atoms with Crippen LogP contribution in [0.3, 0.4) is 0 Å². The predicted molar refractivity (Wildman–Crippen MR) is 104 cm³/mol. The number of amides is 1. The summed E-state index contributed by atoms with van der Waals surface area (Å²) in [7, 11) is 0. The van der Waals surface area contributed by atoms with Crippen LogP contribution in [0.1, 0.15) is 30.1 Å². The average Bonchev–Trinajstić information content (AvgIpc) is 3.15. The highest BCUT2D eigenvalue weighted by molar-refractivity contribution is 9.10. The maximum Gasteiger partial charge on any atom is 0.259 e. The normalized spacial score (nSPS) is 16.3. The van der Waals surface area contributed by atoms with Gasteiger partial charge in [0, 0.05) is 22.8 Å². The highest BCUT2D eigenvalue weighted by Gasteiger charge is 2.17. The molecule has 1 amide bonds. The molecule has 1 aliphatic rings. The van der Waals surface area contributed by atoms with Crippen molar-refractivity contribution in [3.63, 3.8) is 0 Å². The Bertz CT molecular complexity index is 759. The Morgan fingerprint density at radius 3 is 2.92 bits per heavy atom. The second-order valence-corrected chi connectivity index (χ2v) is 6.92. The van der Waals surface area contributed by atoms with Crippen molar-refractivity contribution in [2.75, 3.05) is 25.1 Å². The predicted octanol–water partition coefficient (Wildman–Crippen LogP) is 4.66. The molecule has 0 radical (unpaired) electrons. The van der Waals surface area contributed by atoms with E-state index >= 15 is 0 Å². The molecule has 6 heteroatoms. The van der Waals surface area contributed by atoms with E-state index in [2.05, 4.69) is 21.2 Å². The fourth-order valence-electron chi connectivity index (χ4n) is 2.79. The minimum atomic E-state index is -0.231. The van der Waals surface area contributed by atoms with Gasteiger partial charge in [-0.05, 0) is 50.1 Å². The van der Waals surface area contributed by atoms with Gasteiger partial charge in [-0.1, -0.05) is 22.0 Å². The quantitative estimate of drug-likeness (QED) is 0.708. The Hall–Kier alpha value is -2.05. The summed E-state index contributed by atoms with van der Waals surface area (Å²) in [6.07, 6.45) is 2.27. The molecule has 1 fully saturated rings. The van der Waals surface area contributed by atoms with E-state index in [4.69, 9.17) is 14.2 Å². The monoisotopic (exact) mass is 419 g/mol. The Kier molecular flexibility index (Phi) is 6.52. The molecule has 1 aliphatic heterocycles. The van der Waals surface area contributed by atoms with Gasteiger partial charge >= 0.3 is 0 Å². The maximum atomic E-state index is 12.7. The van der Waals surface area contributed by atoms with Gasteiger partial charge in [-0.2, -0.15) is 0 Å². The molecule has 3 rings (SSSR count). The fraction of sp³-hybridized carbons (Fsp3) is 0.350. The van der Waals surface area contributed by atoms with Gasteiger partial charge in [0.05, 0.1) is 18.3 Å². The third-order valence-electron chi connectivity index (χ3n) is 4.04. The zero-order valence-corrected chi connectivity index (χ0v) is 16.3. The fourth-order valence-corrected chi connectivity index (χ4v) is 3.15. The Morgan fingerprint density at radius 2 is 2.15 bits per heavy atom. The van der Waals surface area contributed by atoms with E-state index in [1.807, 2.05) is 37.3 Å². The molecule has 0 spiro atoms. The van der Waals surface area contributed by atoms with Crippen molar-refractivity contribution in [3.8, 4) is 11.5 Å². The van der Waals surface area contributed by atoms with Crippen LogP contribution in [0.25, 0.3) is 0 Å². The van der Waals surface area contributed by atoms with Gasteiger partial charge in [-0.3, -0.25) is 4.79 Å². The molecule has 0 aromatic heterocycles. The molecule has 0 aliphatic carbocycles. The number of benzene rings is 2. The van der Waals surface area contributed by atoms with E-state index in [1.165, 1.54) is 0 Å². The SMILES string of the molecule is CCOc1ccc(Br)cc1C(=O)Nc1cccc(OCC2CCCO2)c1. The van der Waals surface area contributed by atoms with E-state index in [0.717, 1.165) is 23.9 Å². The first-order valence-corrected chi connectivity index (χ1v) is 9.53. The number of halogens is 1. The molecule has 1 unspecified atom stereocenters. The van der Waals surface area contributed by atoms with E-state index < -0.39 is 0 Å². The van der Waals surface area contributed by atoms with Crippen LogP contribution < -0.4 is 14.8 Å². The number of hydrogen-bond donors (Lipinski definition) is 1. The van der Waals surface area contributed by atoms with Gasteiger partial charge < -0.3 is 19.5 Å². The number of hydrogen-bond acceptors (Lipinski definition) is 4. The van der Waals surface area contributed by atoms with E-state index in [-0.39, 0.29) is 12.0 Å². The number of rotatable bonds is 7. The summed E-state index contributed by atoms with van der Waals surface area (Å²) < 4.78 is 17.7. The molecular weight excluding hydrogens is 398 g/mol. The van der Waals surface area contributed by atoms with Crippen LogP contribution in [0.15, 0.2) is 46.9 Å². The molecule has 0 bridgehead atoms. The molecule has 26 heavy (non-hydrogen) atoms. The lowest BCUT2D eigenvalue weighted by atomic mass is 10.2. The molecule has 2 aromatic rings. The molecule has 1 saturated heterocycles. The third kappa shape index (κ3) is 4.99. The lowest BCUT2D eigenvalue weighted by Crippen LogP contribution is -2.16. The number of carbonyl (C=O) groups is 1.